The lowest BCUT2D eigenvalue weighted by Crippen LogP contribution is -1.99. The lowest BCUT2D eigenvalue weighted by Gasteiger charge is -2.04. The van der Waals surface area contributed by atoms with Gasteiger partial charge in [0.1, 0.15) is 10.5 Å². The third kappa shape index (κ3) is 2.73. The van der Waals surface area contributed by atoms with Crippen LogP contribution in [0.25, 0.3) is 0 Å². The summed E-state index contributed by atoms with van der Waals surface area (Å²) in [4.78, 5) is 11.6. The molecule has 0 radical (unpaired) electrons. The fourth-order valence-electron chi connectivity index (χ4n) is 1.55. The van der Waals surface area contributed by atoms with E-state index in [9.17, 15) is 0 Å². The number of nitrogens with zero attached hydrogens (tertiary/aromatic N) is 2. The van der Waals surface area contributed by atoms with Crippen LogP contribution in [0, 0.1) is 4.64 Å². The fraction of sp³-hybridized carbons (Fsp3) is 0.250. The summed E-state index contributed by atoms with van der Waals surface area (Å²) in [6, 6.07) is 5.89. The van der Waals surface area contributed by atoms with E-state index in [2.05, 4.69) is 27.9 Å². The third-order valence-corrected chi connectivity index (χ3v) is 2.51. The number of H-pyrrole nitrogens is 1. The van der Waals surface area contributed by atoms with Crippen molar-refractivity contribution >= 4 is 12.2 Å². The van der Waals surface area contributed by atoms with Gasteiger partial charge in [-0.15, -0.1) is 0 Å². The second-order valence-electron chi connectivity index (χ2n) is 3.58. The summed E-state index contributed by atoms with van der Waals surface area (Å²) in [5.41, 5.74) is 2.26. The minimum atomic E-state index is 0.648. The van der Waals surface area contributed by atoms with Crippen molar-refractivity contribution in [2.45, 2.75) is 19.8 Å². The Morgan fingerprint density at radius 3 is 3.00 bits per heavy atom. The lowest BCUT2D eigenvalue weighted by atomic mass is 10.1. The molecule has 0 unspecified atom stereocenters. The van der Waals surface area contributed by atoms with Gasteiger partial charge in [0.25, 0.3) is 0 Å². The summed E-state index contributed by atoms with van der Waals surface area (Å²) >= 11 is 5.12. The Morgan fingerprint density at radius 1 is 1.44 bits per heavy atom. The highest BCUT2D eigenvalue weighted by Crippen LogP contribution is 2.06. The molecule has 0 aromatic carbocycles. The Kier molecular flexibility index (Phi) is 3.41. The normalized spacial score (nSPS) is 10.3. The molecule has 82 valence electrons. The number of aromatic amines is 1. The monoisotopic (exact) mass is 231 g/mol. The molecule has 2 aromatic rings. The van der Waals surface area contributed by atoms with E-state index < -0.39 is 0 Å². The first-order chi connectivity index (χ1) is 7.78. The molecule has 0 aliphatic rings. The SMILES string of the molecule is CCc1nc(=S)cc(Cc2cccnc2)[nH]1. The molecule has 0 spiro atoms. The van der Waals surface area contributed by atoms with E-state index in [4.69, 9.17) is 12.2 Å². The van der Waals surface area contributed by atoms with Crippen molar-refractivity contribution in [2.24, 2.45) is 0 Å². The molecular weight excluding hydrogens is 218 g/mol. The quantitative estimate of drug-likeness (QED) is 0.826. The second kappa shape index (κ2) is 4.99. The van der Waals surface area contributed by atoms with Gasteiger partial charge >= 0.3 is 0 Å². The summed E-state index contributed by atoms with van der Waals surface area (Å²) in [5, 5.41) is 0. The molecule has 2 aromatic heterocycles. The van der Waals surface area contributed by atoms with Crippen LogP contribution in [-0.2, 0) is 12.8 Å². The molecule has 16 heavy (non-hydrogen) atoms. The van der Waals surface area contributed by atoms with Crippen LogP contribution in [0.5, 0.6) is 0 Å². The zero-order valence-electron chi connectivity index (χ0n) is 9.10. The van der Waals surface area contributed by atoms with Gasteiger partial charge in [0.05, 0.1) is 0 Å². The van der Waals surface area contributed by atoms with Gasteiger partial charge in [0.15, 0.2) is 0 Å². The minimum absolute atomic E-state index is 0.648. The highest BCUT2D eigenvalue weighted by molar-refractivity contribution is 7.71. The van der Waals surface area contributed by atoms with Crippen LogP contribution in [-0.4, -0.2) is 15.0 Å². The van der Waals surface area contributed by atoms with E-state index in [-0.39, 0.29) is 0 Å². The van der Waals surface area contributed by atoms with Crippen molar-refractivity contribution in [1.29, 1.82) is 0 Å². The Bertz CT molecular complexity index is 519. The van der Waals surface area contributed by atoms with Gasteiger partial charge in [0, 0.05) is 30.9 Å². The van der Waals surface area contributed by atoms with Crippen molar-refractivity contribution < 1.29 is 0 Å². The molecule has 0 aliphatic carbocycles. The molecule has 2 rings (SSSR count). The van der Waals surface area contributed by atoms with Crippen LogP contribution >= 0.6 is 12.2 Å². The van der Waals surface area contributed by atoms with Crippen LogP contribution in [0.2, 0.25) is 0 Å². The predicted molar refractivity (Wildman–Crippen MR) is 65.8 cm³/mol. The summed E-state index contributed by atoms with van der Waals surface area (Å²) in [7, 11) is 0. The van der Waals surface area contributed by atoms with E-state index in [0.29, 0.717) is 4.64 Å². The van der Waals surface area contributed by atoms with Crippen molar-refractivity contribution in [3.63, 3.8) is 0 Å². The maximum atomic E-state index is 5.12. The minimum Gasteiger partial charge on any atom is -0.347 e. The van der Waals surface area contributed by atoms with E-state index in [1.807, 2.05) is 18.3 Å². The van der Waals surface area contributed by atoms with Crippen molar-refractivity contribution in [1.82, 2.24) is 15.0 Å². The molecule has 0 bridgehead atoms. The summed E-state index contributed by atoms with van der Waals surface area (Å²) < 4.78 is 0.648. The third-order valence-electron chi connectivity index (χ3n) is 2.30. The van der Waals surface area contributed by atoms with E-state index in [1.165, 1.54) is 5.56 Å². The molecule has 3 nitrogen and oxygen atoms in total. The maximum Gasteiger partial charge on any atom is 0.129 e. The van der Waals surface area contributed by atoms with Crippen LogP contribution < -0.4 is 0 Å². The Balaban J connectivity index is 2.28. The Labute approximate surface area is 99.6 Å². The largest absolute Gasteiger partial charge is 0.347 e. The number of hydrogen-bond donors (Lipinski definition) is 1. The number of hydrogen-bond acceptors (Lipinski definition) is 3. The molecule has 0 saturated heterocycles. The predicted octanol–water partition coefficient (Wildman–Crippen LogP) is 2.69. The number of nitrogens with one attached hydrogen (secondary N) is 1. The molecule has 2 heterocycles. The van der Waals surface area contributed by atoms with E-state index in [0.717, 1.165) is 24.4 Å². The lowest BCUT2D eigenvalue weighted by molar-refractivity contribution is 0.889. The van der Waals surface area contributed by atoms with Crippen molar-refractivity contribution in [2.75, 3.05) is 0 Å². The van der Waals surface area contributed by atoms with Crippen LogP contribution in [0.15, 0.2) is 30.6 Å². The first-order valence-electron chi connectivity index (χ1n) is 5.26. The molecule has 0 atom stereocenters. The van der Waals surface area contributed by atoms with E-state index in [1.54, 1.807) is 6.20 Å². The highest BCUT2D eigenvalue weighted by Gasteiger charge is 1.99. The van der Waals surface area contributed by atoms with Crippen molar-refractivity contribution in [3.05, 3.63) is 52.3 Å². The van der Waals surface area contributed by atoms with Gasteiger partial charge in [-0.3, -0.25) is 4.98 Å². The first-order valence-corrected chi connectivity index (χ1v) is 5.67. The van der Waals surface area contributed by atoms with Crippen LogP contribution in [0.4, 0.5) is 0 Å². The topological polar surface area (TPSA) is 41.6 Å². The molecule has 0 aliphatic heterocycles. The van der Waals surface area contributed by atoms with Gasteiger partial charge in [0.2, 0.25) is 0 Å². The van der Waals surface area contributed by atoms with Crippen molar-refractivity contribution in [3.8, 4) is 0 Å². The number of aryl methyl sites for hydroxylation is 1. The summed E-state index contributed by atoms with van der Waals surface area (Å²) in [6.07, 6.45) is 5.32. The summed E-state index contributed by atoms with van der Waals surface area (Å²) in [6.45, 7) is 2.06. The first kappa shape index (κ1) is 11.0. The number of aromatic nitrogens is 3. The molecule has 0 fully saturated rings. The zero-order chi connectivity index (χ0) is 11.4. The number of pyridine rings is 1. The van der Waals surface area contributed by atoms with Crippen LogP contribution in [0.3, 0.4) is 0 Å². The highest BCUT2D eigenvalue weighted by atomic mass is 32.1. The van der Waals surface area contributed by atoms with Gasteiger partial charge in [-0.05, 0) is 17.7 Å². The standard InChI is InChI=1S/C12H13N3S/c1-2-11-14-10(7-12(16)15-11)6-9-4-3-5-13-8-9/h3-5,7-8H,2,6H2,1H3,(H,14,15,16). The molecule has 1 N–H and O–H groups in total. The zero-order valence-corrected chi connectivity index (χ0v) is 9.92. The molecule has 4 heteroatoms. The van der Waals surface area contributed by atoms with Gasteiger partial charge in [-0.1, -0.05) is 25.2 Å². The Hall–Kier alpha value is -1.55. The smallest absolute Gasteiger partial charge is 0.129 e. The van der Waals surface area contributed by atoms with Crippen LogP contribution in [0.1, 0.15) is 24.0 Å². The molecule has 0 amide bonds. The average Bonchev–Trinajstić information content (AvgIpc) is 2.29. The Morgan fingerprint density at radius 2 is 2.31 bits per heavy atom. The van der Waals surface area contributed by atoms with Gasteiger partial charge in [-0.25, -0.2) is 4.98 Å². The van der Waals surface area contributed by atoms with Gasteiger partial charge in [-0.2, -0.15) is 0 Å². The van der Waals surface area contributed by atoms with E-state index >= 15 is 0 Å². The maximum absolute atomic E-state index is 5.12. The molecular formula is C12H13N3S. The molecule has 0 saturated carbocycles. The second-order valence-corrected chi connectivity index (χ2v) is 4.00. The average molecular weight is 231 g/mol. The summed E-state index contributed by atoms with van der Waals surface area (Å²) in [5.74, 6) is 0.936. The fourth-order valence-corrected chi connectivity index (χ4v) is 1.80. The van der Waals surface area contributed by atoms with Gasteiger partial charge < -0.3 is 4.98 Å². The number of rotatable bonds is 3.